The van der Waals surface area contributed by atoms with Crippen LogP contribution in [0, 0.1) is 0 Å². The highest BCUT2D eigenvalue weighted by Crippen LogP contribution is 2.29. The number of methoxy groups -OCH3 is 1. The highest BCUT2D eigenvalue weighted by molar-refractivity contribution is 7.89. The lowest BCUT2D eigenvalue weighted by Gasteiger charge is -2.17. The van der Waals surface area contributed by atoms with E-state index in [1.807, 2.05) is 6.92 Å². The molecule has 2 N–H and O–H groups in total. The van der Waals surface area contributed by atoms with Gasteiger partial charge in [0, 0.05) is 18.2 Å². The van der Waals surface area contributed by atoms with E-state index in [2.05, 4.69) is 4.72 Å². The van der Waals surface area contributed by atoms with Gasteiger partial charge in [-0.1, -0.05) is 30.1 Å². The molecule has 0 aliphatic carbocycles. The topological polar surface area (TPSA) is 75.6 Å². The SMILES string of the molecule is CCC(COC)NS(=O)(=O)c1cc(Cl)cc(CO)c1Cl. The molecule has 1 rings (SSSR count). The smallest absolute Gasteiger partial charge is 0.242 e. The van der Waals surface area contributed by atoms with Gasteiger partial charge in [-0.25, -0.2) is 13.1 Å². The van der Waals surface area contributed by atoms with E-state index in [0.717, 1.165) is 0 Å². The second-order valence-electron chi connectivity index (χ2n) is 4.22. The third-order valence-corrected chi connectivity index (χ3v) is 5.04. The molecule has 8 heteroatoms. The number of aliphatic hydroxyl groups excluding tert-OH is 1. The Morgan fingerprint density at radius 1 is 1.40 bits per heavy atom. The third-order valence-electron chi connectivity index (χ3n) is 2.72. The van der Waals surface area contributed by atoms with Crippen molar-refractivity contribution in [3.05, 3.63) is 27.7 Å². The number of rotatable bonds is 7. The Morgan fingerprint density at radius 2 is 2.05 bits per heavy atom. The van der Waals surface area contributed by atoms with E-state index in [0.29, 0.717) is 6.42 Å². The van der Waals surface area contributed by atoms with Crippen molar-refractivity contribution in [2.45, 2.75) is 30.9 Å². The monoisotopic (exact) mass is 341 g/mol. The van der Waals surface area contributed by atoms with E-state index < -0.39 is 16.6 Å². The van der Waals surface area contributed by atoms with E-state index in [1.165, 1.54) is 19.2 Å². The van der Waals surface area contributed by atoms with Crippen LogP contribution >= 0.6 is 23.2 Å². The lowest BCUT2D eigenvalue weighted by Crippen LogP contribution is -2.37. The summed E-state index contributed by atoms with van der Waals surface area (Å²) < 4.78 is 32.1. The van der Waals surface area contributed by atoms with E-state index in [1.54, 1.807) is 0 Å². The van der Waals surface area contributed by atoms with Crippen LogP contribution in [0.2, 0.25) is 10.0 Å². The first-order valence-corrected chi connectivity index (χ1v) is 8.19. The Kier molecular flexibility index (Phi) is 6.71. The molecule has 0 saturated heterocycles. The standard InChI is InChI=1S/C12H17Cl2NO4S/c1-3-10(7-19-2)15-20(17,18)11-5-9(13)4-8(6-16)12(11)14/h4-5,10,15-16H,3,6-7H2,1-2H3. The second-order valence-corrected chi connectivity index (χ2v) is 6.71. The summed E-state index contributed by atoms with van der Waals surface area (Å²) in [5.41, 5.74) is 0.263. The number of halogens is 2. The summed E-state index contributed by atoms with van der Waals surface area (Å²) in [5, 5.41) is 9.33. The summed E-state index contributed by atoms with van der Waals surface area (Å²) in [6.07, 6.45) is 0.568. The van der Waals surface area contributed by atoms with Gasteiger partial charge in [0.05, 0.1) is 18.2 Å². The van der Waals surface area contributed by atoms with Gasteiger partial charge in [-0.2, -0.15) is 0 Å². The summed E-state index contributed by atoms with van der Waals surface area (Å²) in [6, 6.07) is 2.32. The van der Waals surface area contributed by atoms with E-state index >= 15 is 0 Å². The van der Waals surface area contributed by atoms with Crippen molar-refractivity contribution in [1.29, 1.82) is 0 Å². The molecule has 0 aliphatic heterocycles. The van der Waals surface area contributed by atoms with Crippen molar-refractivity contribution in [3.63, 3.8) is 0 Å². The fraction of sp³-hybridized carbons (Fsp3) is 0.500. The molecule has 5 nitrogen and oxygen atoms in total. The van der Waals surface area contributed by atoms with E-state index in [-0.39, 0.29) is 33.2 Å². The Balaban J connectivity index is 3.18. The number of benzene rings is 1. The largest absolute Gasteiger partial charge is 0.392 e. The number of nitrogens with one attached hydrogen (secondary N) is 1. The van der Waals surface area contributed by atoms with Gasteiger partial charge >= 0.3 is 0 Å². The molecule has 114 valence electrons. The molecule has 20 heavy (non-hydrogen) atoms. The summed E-state index contributed by atoms with van der Waals surface area (Å²) in [7, 11) is -2.34. The summed E-state index contributed by atoms with van der Waals surface area (Å²) in [5.74, 6) is 0. The van der Waals surface area contributed by atoms with Gasteiger partial charge in [0.2, 0.25) is 10.0 Å². The number of hydrogen-bond donors (Lipinski definition) is 2. The van der Waals surface area contributed by atoms with Gasteiger partial charge in [0.15, 0.2) is 0 Å². The molecule has 0 saturated carbocycles. The van der Waals surface area contributed by atoms with Crippen LogP contribution in [-0.4, -0.2) is 33.3 Å². The number of sulfonamides is 1. The Hall–Kier alpha value is -0.370. The molecule has 0 heterocycles. The quantitative estimate of drug-likeness (QED) is 0.796. The van der Waals surface area contributed by atoms with Crippen molar-refractivity contribution < 1.29 is 18.3 Å². The van der Waals surface area contributed by atoms with Crippen molar-refractivity contribution in [1.82, 2.24) is 4.72 Å². The first kappa shape index (κ1) is 17.7. The Bertz CT molecular complexity index is 563. The highest BCUT2D eigenvalue weighted by atomic mass is 35.5. The maximum atomic E-state index is 12.3. The van der Waals surface area contributed by atoms with Crippen LogP contribution in [-0.2, 0) is 21.4 Å². The zero-order chi connectivity index (χ0) is 15.3. The normalized spacial score (nSPS) is 13.4. The first-order chi connectivity index (χ1) is 9.35. The molecule has 0 aromatic heterocycles. The minimum Gasteiger partial charge on any atom is -0.392 e. The molecule has 0 amide bonds. The van der Waals surface area contributed by atoms with Crippen molar-refractivity contribution >= 4 is 33.2 Å². The highest BCUT2D eigenvalue weighted by Gasteiger charge is 2.23. The molecule has 0 aliphatic rings. The molecular weight excluding hydrogens is 325 g/mol. The van der Waals surface area contributed by atoms with Crippen LogP contribution in [0.5, 0.6) is 0 Å². The predicted molar refractivity (Wildman–Crippen MR) is 78.7 cm³/mol. The number of aliphatic hydroxyl groups is 1. The molecule has 0 bridgehead atoms. The second kappa shape index (κ2) is 7.59. The van der Waals surface area contributed by atoms with Gasteiger partial charge in [-0.3, -0.25) is 0 Å². The fourth-order valence-electron chi connectivity index (χ4n) is 1.65. The molecule has 0 spiro atoms. The van der Waals surface area contributed by atoms with E-state index in [9.17, 15) is 8.42 Å². The average molecular weight is 342 g/mol. The molecule has 1 unspecified atom stereocenters. The Labute approximate surface area is 128 Å². The lowest BCUT2D eigenvalue weighted by atomic mass is 10.2. The first-order valence-electron chi connectivity index (χ1n) is 5.95. The number of ether oxygens (including phenoxy) is 1. The summed E-state index contributed by atoms with van der Waals surface area (Å²) in [4.78, 5) is -0.148. The van der Waals surface area contributed by atoms with Gasteiger partial charge in [-0.05, 0) is 24.1 Å². The van der Waals surface area contributed by atoms with E-state index in [4.69, 9.17) is 33.0 Å². The maximum absolute atomic E-state index is 12.3. The van der Waals surface area contributed by atoms with Gasteiger partial charge < -0.3 is 9.84 Å². The third kappa shape index (κ3) is 4.31. The molecule has 1 aromatic carbocycles. The molecule has 0 radical (unpaired) electrons. The van der Waals surface area contributed by atoms with Crippen molar-refractivity contribution in [2.75, 3.05) is 13.7 Å². The minimum atomic E-state index is -3.84. The van der Waals surface area contributed by atoms with Crippen LogP contribution in [0.1, 0.15) is 18.9 Å². The minimum absolute atomic E-state index is 0.0309. The van der Waals surface area contributed by atoms with Gasteiger partial charge in [0.25, 0.3) is 0 Å². The van der Waals surface area contributed by atoms with Crippen LogP contribution < -0.4 is 4.72 Å². The van der Waals surface area contributed by atoms with Crippen molar-refractivity contribution in [2.24, 2.45) is 0 Å². The molecule has 0 fully saturated rings. The van der Waals surface area contributed by atoms with Crippen LogP contribution in [0.25, 0.3) is 0 Å². The van der Waals surface area contributed by atoms with Gasteiger partial charge in [-0.15, -0.1) is 0 Å². The van der Waals surface area contributed by atoms with Crippen LogP contribution in [0.3, 0.4) is 0 Å². The summed E-state index contributed by atoms with van der Waals surface area (Å²) in [6.45, 7) is 1.70. The van der Waals surface area contributed by atoms with Gasteiger partial charge in [0.1, 0.15) is 4.90 Å². The van der Waals surface area contributed by atoms with Crippen LogP contribution in [0.15, 0.2) is 17.0 Å². The molecule has 1 aromatic rings. The summed E-state index contributed by atoms with van der Waals surface area (Å²) >= 11 is 11.9. The Morgan fingerprint density at radius 3 is 2.55 bits per heavy atom. The molecule has 1 atom stereocenters. The fourth-order valence-corrected chi connectivity index (χ4v) is 3.88. The maximum Gasteiger partial charge on any atom is 0.242 e. The number of hydrogen-bond acceptors (Lipinski definition) is 4. The average Bonchev–Trinajstić information content (AvgIpc) is 2.40. The lowest BCUT2D eigenvalue weighted by molar-refractivity contribution is 0.173. The predicted octanol–water partition coefficient (Wildman–Crippen LogP) is 2.19. The molecular formula is C12H17Cl2NO4S. The zero-order valence-electron chi connectivity index (χ0n) is 11.2. The zero-order valence-corrected chi connectivity index (χ0v) is 13.5. The van der Waals surface area contributed by atoms with Crippen LogP contribution in [0.4, 0.5) is 0 Å². The van der Waals surface area contributed by atoms with Crippen molar-refractivity contribution in [3.8, 4) is 0 Å².